The quantitative estimate of drug-likeness (QED) is 0.0322. The Hall–Kier alpha value is -7.09. The number of thioether (sulfide) groups is 2. The first-order valence-electron chi connectivity index (χ1n) is 20.2. The molecular weight excluding hydrogens is 889 g/mol. The molecule has 330 valence electrons. The molecule has 2 atom stereocenters. The molecule has 3 amide bonds. The monoisotopic (exact) mass is 928 g/mol. The molecule has 0 saturated carbocycles. The zero-order valence-corrected chi connectivity index (χ0v) is 37.1. The highest BCUT2D eigenvalue weighted by Crippen LogP contribution is 2.43. The number of fused-ring (bicyclic) bond motifs is 1. The van der Waals surface area contributed by atoms with Gasteiger partial charge in [0.05, 0.1) is 17.7 Å². The van der Waals surface area contributed by atoms with Crippen LogP contribution in [0.25, 0.3) is 5.57 Å². The Balaban J connectivity index is 1.02. The zero-order valence-electron chi connectivity index (χ0n) is 34.6. The van der Waals surface area contributed by atoms with Crippen LogP contribution in [0.2, 0.25) is 0 Å². The van der Waals surface area contributed by atoms with Crippen LogP contribution in [0.15, 0.2) is 149 Å². The molecular formula is C46H40N8O8S3. The fourth-order valence-electron chi connectivity index (χ4n) is 6.84. The predicted molar refractivity (Wildman–Crippen MR) is 244 cm³/mol. The van der Waals surface area contributed by atoms with E-state index >= 15 is 0 Å². The van der Waals surface area contributed by atoms with E-state index in [0.717, 1.165) is 33.6 Å². The van der Waals surface area contributed by atoms with E-state index in [0.29, 0.717) is 16.5 Å². The number of β-lactam (4-membered cyclic amide) rings is 1. The van der Waals surface area contributed by atoms with E-state index in [2.05, 4.69) is 31.1 Å². The van der Waals surface area contributed by atoms with Gasteiger partial charge in [0.1, 0.15) is 30.3 Å². The molecule has 2 aromatic heterocycles. The second kappa shape index (κ2) is 21.1. The Kier molecular flexibility index (Phi) is 14.4. The summed E-state index contributed by atoms with van der Waals surface area (Å²) < 4.78 is 18.6. The molecule has 19 heteroatoms. The van der Waals surface area contributed by atoms with Gasteiger partial charge in [-0.05, 0) is 38.3 Å². The van der Waals surface area contributed by atoms with Gasteiger partial charge in [0.25, 0.3) is 11.8 Å². The minimum atomic E-state index is -1.07. The van der Waals surface area contributed by atoms with Crippen molar-refractivity contribution in [2.24, 2.45) is 7.05 Å². The maximum atomic E-state index is 14.5. The summed E-state index contributed by atoms with van der Waals surface area (Å²) in [5.74, 6) is -1.97. The van der Waals surface area contributed by atoms with Crippen LogP contribution in [0, 0.1) is 0 Å². The largest absolute Gasteiger partial charge is 0.461 e. The third-order valence-electron chi connectivity index (χ3n) is 10.1. The van der Waals surface area contributed by atoms with Crippen LogP contribution in [0.4, 0.5) is 9.93 Å². The Bertz CT molecular complexity index is 2680. The van der Waals surface area contributed by atoms with Gasteiger partial charge in [0.2, 0.25) is 5.16 Å². The van der Waals surface area contributed by atoms with Crippen molar-refractivity contribution in [1.82, 2.24) is 35.4 Å². The van der Waals surface area contributed by atoms with E-state index in [9.17, 15) is 24.0 Å². The van der Waals surface area contributed by atoms with E-state index in [1.165, 1.54) is 39.2 Å². The van der Waals surface area contributed by atoms with Crippen molar-refractivity contribution in [2.75, 3.05) is 16.8 Å². The van der Waals surface area contributed by atoms with Gasteiger partial charge in [-0.1, -0.05) is 139 Å². The molecule has 2 aliphatic rings. The molecule has 4 aromatic carbocycles. The highest BCUT2D eigenvalue weighted by molar-refractivity contribution is 8.01. The molecule has 65 heavy (non-hydrogen) atoms. The lowest BCUT2D eigenvalue weighted by atomic mass is 10.0. The average molecular weight is 929 g/mol. The normalized spacial score (nSPS) is 15.8. The fourth-order valence-corrected chi connectivity index (χ4v) is 9.87. The average Bonchev–Trinajstić information content (AvgIpc) is 3.99. The first-order valence-corrected chi connectivity index (χ1v) is 23.1. The Morgan fingerprint density at radius 1 is 0.862 bits per heavy atom. The van der Waals surface area contributed by atoms with Crippen molar-refractivity contribution in [3.63, 3.8) is 0 Å². The molecule has 2 N–H and O–H groups in total. The summed E-state index contributed by atoms with van der Waals surface area (Å²) in [6, 6.07) is 35.9. The number of anilines is 1. The van der Waals surface area contributed by atoms with Crippen LogP contribution in [-0.4, -0.2) is 82.9 Å². The summed E-state index contributed by atoms with van der Waals surface area (Å²) in [6.45, 7) is 0.0613. The number of nitrogens with zero attached hydrogens (tertiary/aromatic N) is 6. The van der Waals surface area contributed by atoms with E-state index in [-0.39, 0.29) is 47.5 Å². The maximum Gasteiger partial charge on any atom is 0.413 e. The predicted octanol–water partition coefficient (Wildman–Crippen LogP) is 6.71. The van der Waals surface area contributed by atoms with Crippen LogP contribution in [0.3, 0.4) is 0 Å². The van der Waals surface area contributed by atoms with Gasteiger partial charge in [-0.3, -0.25) is 24.6 Å². The van der Waals surface area contributed by atoms with Crippen molar-refractivity contribution in [3.8, 4) is 0 Å². The minimum Gasteiger partial charge on any atom is -0.461 e. The van der Waals surface area contributed by atoms with Crippen molar-refractivity contribution in [1.29, 1.82) is 0 Å². The summed E-state index contributed by atoms with van der Waals surface area (Å²) >= 11 is 3.73. The van der Waals surface area contributed by atoms with Gasteiger partial charge in [-0.25, -0.2) is 19.3 Å². The van der Waals surface area contributed by atoms with Crippen LogP contribution in [0.5, 0.6) is 0 Å². The topological polar surface area (TPSA) is 197 Å². The van der Waals surface area contributed by atoms with Crippen LogP contribution < -0.4 is 10.6 Å². The fraction of sp³-hybridized carbons (Fsp3) is 0.196. The molecule has 0 spiro atoms. The highest BCUT2D eigenvalue weighted by Gasteiger charge is 2.55. The Morgan fingerprint density at radius 2 is 1.48 bits per heavy atom. The number of thiazole rings is 1. The summed E-state index contributed by atoms with van der Waals surface area (Å²) in [7, 11) is 1.70. The molecule has 16 nitrogen and oxygen atoms in total. The lowest BCUT2D eigenvalue weighted by Gasteiger charge is -2.50. The minimum absolute atomic E-state index is 0.0297. The molecule has 4 heterocycles. The number of nitrogens with one attached hydrogen (secondary N) is 2. The second-order valence-corrected chi connectivity index (χ2v) is 17.4. The SMILES string of the molecule is Cn1nnnc1SCC1=C(C(=O)OC(c2ccccc2)c2ccccc2)N2C(=O)C(NC(=O)C(=CCC(=O)OCc3ccccc3)c3csc(NC(=O)OCc4ccccc4)n3)[C@H]2SC1. The van der Waals surface area contributed by atoms with Gasteiger partial charge in [-0.15, -0.1) is 28.2 Å². The number of amides is 3. The molecule has 8 rings (SSSR count). The van der Waals surface area contributed by atoms with Crippen molar-refractivity contribution >= 4 is 75.4 Å². The molecule has 1 unspecified atom stereocenters. The van der Waals surface area contributed by atoms with Crippen molar-refractivity contribution < 1.29 is 38.2 Å². The van der Waals surface area contributed by atoms with Crippen molar-refractivity contribution in [3.05, 3.63) is 172 Å². The van der Waals surface area contributed by atoms with Crippen molar-refractivity contribution in [2.45, 2.75) is 42.3 Å². The third kappa shape index (κ3) is 11.0. The van der Waals surface area contributed by atoms with E-state index in [1.54, 1.807) is 12.4 Å². The molecule has 1 fully saturated rings. The van der Waals surface area contributed by atoms with E-state index in [4.69, 9.17) is 14.2 Å². The molecule has 2 aliphatic heterocycles. The lowest BCUT2D eigenvalue weighted by molar-refractivity contribution is -0.154. The summed E-state index contributed by atoms with van der Waals surface area (Å²) in [5.41, 5.74) is 3.87. The zero-order chi connectivity index (χ0) is 45.1. The number of benzene rings is 4. The second-order valence-electron chi connectivity index (χ2n) is 14.5. The number of aryl methyl sites for hydroxylation is 1. The number of aromatic nitrogens is 5. The molecule has 0 aliphatic carbocycles. The number of esters is 2. The molecule has 1 saturated heterocycles. The molecule has 6 aromatic rings. The van der Waals surface area contributed by atoms with Gasteiger partial charge in [0.15, 0.2) is 11.2 Å². The first kappa shape index (κ1) is 44.5. The number of hydrogen-bond donors (Lipinski definition) is 2. The number of hydrogen-bond acceptors (Lipinski definition) is 15. The van der Waals surface area contributed by atoms with Crippen LogP contribution >= 0.6 is 34.9 Å². The maximum absolute atomic E-state index is 14.5. The Morgan fingerprint density at radius 3 is 2.09 bits per heavy atom. The molecule has 0 bridgehead atoms. The first-order chi connectivity index (χ1) is 31.7. The van der Waals surface area contributed by atoms with Crippen LogP contribution in [-0.2, 0) is 53.7 Å². The number of rotatable bonds is 17. The molecule has 0 radical (unpaired) electrons. The van der Waals surface area contributed by atoms with Gasteiger partial charge in [0, 0.05) is 23.9 Å². The number of carbonyl (C=O) groups is 5. The standard InChI is InChI=1S/C46H40N8O8S3/c1-53-45(50-51-52-53)65-27-33-26-63-42-37(41(57)54(42)38(33)43(58)62-39(31-18-10-4-11-19-31)32-20-12-5-13-21-32)48-40(56)34(22-23-36(55)60-24-29-14-6-2-7-15-29)35-28-64-44(47-35)49-46(59)61-25-30-16-8-3-9-17-30/h2-22,28,37,39,42H,23-27H2,1H3,(H,48,56)(H,47,49,59)/t37?,42-/m1/s1. The summed E-state index contributed by atoms with van der Waals surface area (Å²) in [4.78, 5) is 74.5. The van der Waals surface area contributed by atoms with Crippen LogP contribution in [0.1, 0.15) is 40.5 Å². The van der Waals surface area contributed by atoms with Gasteiger partial charge >= 0.3 is 18.0 Å². The van der Waals surface area contributed by atoms with E-state index in [1.807, 2.05) is 121 Å². The Labute approximate surface area is 385 Å². The number of ether oxygens (including phenoxy) is 3. The van der Waals surface area contributed by atoms with E-state index < -0.39 is 47.4 Å². The summed E-state index contributed by atoms with van der Waals surface area (Å²) in [6.07, 6.45) is -0.472. The highest BCUT2D eigenvalue weighted by atomic mass is 32.2. The van der Waals surface area contributed by atoms with Gasteiger partial charge < -0.3 is 19.5 Å². The number of carbonyl (C=O) groups excluding carboxylic acids is 5. The number of tetrazole rings is 1. The smallest absolute Gasteiger partial charge is 0.413 e. The third-order valence-corrected chi connectivity index (χ3v) is 13.3. The van der Waals surface area contributed by atoms with Gasteiger partial charge in [-0.2, -0.15) is 0 Å². The lowest BCUT2D eigenvalue weighted by Crippen LogP contribution is -2.70. The summed E-state index contributed by atoms with van der Waals surface area (Å²) in [5, 5.41) is 18.6.